The molecule has 10 nitrogen and oxygen atoms in total. The molecule has 5 heterocycles. The van der Waals surface area contributed by atoms with Gasteiger partial charge in [0.2, 0.25) is 5.89 Å². The summed E-state index contributed by atoms with van der Waals surface area (Å²) in [7, 11) is 1.78. The van der Waals surface area contributed by atoms with Gasteiger partial charge in [0.1, 0.15) is 12.9 Å². The Morgan fingerprint density at radius 3 is 2.88 bits per heavy atom. The van der Waals surface area contributed by atoms with Gasteiger partial charge in [-0.15, -0.1) is 0 Å². The maximum absolute atomic E-state index is 12.7. The number of imidazole rings is 1. The summed E-state index contributed by atoms with van der Waals surface area (Å²) in [6.07, 6.45) is 5.03. The van der Waals surface area contributed by atoms with Crippen LogP contribution in [-0.4, -0.2) is 47.3 Å². The Bertz CT molecular complexity index is 1530. The number of aromatic nitrogens is 7. The highest BCUT2D eigenvalue weighted by Gasteiger charge is 2.58. The van der Waals surface area contributed by atoms with Crippen molar-refractivity contribution in [2.45, 2.75) is 12.5 Å². The summed E-state index contributed by atoms with van der Waals surface area (Å²) in [5, 5.41) is 5.46. The molecule has 1 aliphatic carbocycles. The first-order valence-corrected chi connectivity index (χ1v) is 10.7. The molecule has 160 valence electrons. The van der Waals surface area contributed by atoms with Crippen molar-refractivity contribution in [3.05, 3.63) is 65.2 Å². The van der Waals surface area contributed by atoms with Gasteiger partial charge in [-0.05, 0) is 36.1 Å². The molecule has 0 radical (unpaired) electrons. The first-order chi connectivity index (χ1) is 15.7. The second-order valence-electron chi connectivity index (χ2n) is 8.76. The molecule has 5 aromatic rings. The number of H-pyrrole nitrogens is 1. The maximum Gasteiger partial charge on any atom is 0.280 e. The smallest absolute Gasteiger partial charge is 0.280 e. The van der Waals surface area contributed by atoms with Crippen LogP contribution in [0.15, 0.2) is 52.4 Å². The van der Waals surface area contributed by atoms with Crippen molar-refractivity contribution >= 4 is 27.8 Å². The molecule has 2 aliphatic rings. The molecule has 1 aliphatic heterocycles. The highest BCUT2D eigenvalue weighted by atomic mass is 16.5. The summed E-state index contributed by atoms with van der Waals surface area (Å²) in [4.78, 5) is 31.4. The molecule has 1 N–H and O–H groups in total. The Labute approximate surface area is 181 Å². The summed E-state index contributed by atoms with van der Waals surface area (Å²) in [6, 6.07) is 8.65. The van der Waals surface area contributed by atoms with Gasteiger partial charge in [-0.1, -0.05) is 5.16 Å². The minimum absolute atomic E-state index is 0.173. The Morgan fingerprint density at radius 2 is 2.00 bits per heavy atom. The van der Waals surface area contributed by atoms with E-state index in [0.29, 0.717) is 34.8 Å². The molecule has 0 bridgehead atoms. The van der Waals surface area contributed by atoms with E-state index in [4.69, 9.17) is 4.52 Å². The van der Waals surface area contributed by atoms with Crippen LogP contribution >= 0.6 is 0 Å². The van der Waals surface area contributed by atoms with Crippen LogP contribution in [0.1, 0.15) is 17.6 Å². The maximum atomic E-state index is 12.7. The Balaban J connectivity index is 1.07. The molecule has 10 heteroatoms. The lowest BCUT2D eigenvalue weighted by Crippen LogP contribution is -2.23. The van der Waals surface area contributed by atoms with E-state index in [-0.39, 0.29) is 12.1 Å². The zero-order chi connectivity index (χ0) is 21.4. The Morgan fingerprint density at radius 1 is 1.16 bits per heavy atom. The third-order valence-electron chi connectivity index (χ3n) is 6.88. The van der Waals surface area contributed by atoms with Crippen molar-refractivity contribution in [2.24, 2.45) is 18.9 Å². The molecule has 32 heavy (non-hydrogen) atoms. The number of hydrogen-bond donors (Lipinski definition) is 1. The van der Waals surface area contributed by atoms with Gasteiger partial charge in [0.05, 0.1) is 6.33 Å². The SMILES string of the molecule is Cn1cnc2ncn(Cc3nc(C4C5CN(c6ccc7[nH]ccc7c6)CC54)no3)c(=O)c21. The van der Waals surface area contributed by atoms with Crippen LogP contribution in [0.3, 0.4) is 0 Å². The second kappa shape index (κ2) is 6.28. The van der Waals surface area contributed by atoms with Crippen LogP contribution in [0.25, 0.3) is 22.1 Å². The number of nitrogens with one attached hydrogen (secondary N) is 1. The molecule has 0 spiro atoms. The van der Waals surface area contributed by atoms with Gasteiger partial charge in [-0.3, -0.25) is 9.36 Å². The summed E-state index contributed by atoms with van der Waals surface area (Å²) in [5.74, 6) is 2.58. The van der Waals surface area contributed by atoms with Gasteiger partial charge >= 0.3 is 0 Å². The molecule has 1 saturated heterocycles. The average Bonchev–Trinajstić information content (AvgIpc) is 3.38. The van der Waals surface area contributed by atoms with E-state index in [1.807, 2.05) is 6.20 Å². The van der Waals surface area contributed by atoms with Gasteiger partial charge in [0.25, 0.3) is 5.56 Å². The zero-order valence-corrected chi connectivity index (χ0v) is 17.3. The van der Waals surface area contributed by atoms with Crippen molar-refractivity contribution in [2.75, 3.05) is 18.0 Å². The first-order valence-electron chi connectivity index (χ1n) is 10.7. The molecule has 7 rings (SSSR count). The minimum Gasteiger partial charge on any atom is -0.371 e. The summed E-state index contributed by atoms with van der Waals surface area (Å²) in [5.41, 5.74) is 3.14. The van der Waals surface area contributed by atoms with Crippen molar-refractivity contribution in [3.8, 4) is 0 Å². The summed E-state index contributed by atoms with van der Waals surface area (Å²) < 4.78 is 8.63. The molecule has 2 fully saturated rings. The van der Waals surface area contributed by atoms with Crippen LogP contribution in [0, 0.1) is 11.8 Å². The molecule has 4 aromatic heterocycles. The number of piperidine rings is 1. The molecule has 2 unspecified atom stereocenters. The highest BCUT2D eigenvalue weighted by molar-refractivity contribution is 5.83. The lowest BCUT2D eigenvalue weighted by molar-refractivity contribution is 0.363. The van der Waals surface area contributed by atoms with E-state index >= 15 is 0 Å². The number of anilines is 1. The van der Waals surface area contributed by atoms with Gasteiger partial charge in [-0.25, -0.2) is 9.97 Å². The highest BCUT2D eigenvalue weighted by Crippen LogP contribution is 2.58. The number of hydrogen-bond acceptors (Lipinski definition) is 7. The molecular formula is C22H20N8O2. The quantitative estimate of drug-likeness (QED) is 0.465. The second-order valence-corrected chi connectivity index (χ2v) is 8.76. The molecule has 2 atom stereocenters. The molecule has 1 saturated carbocycles. The van der Waals surface area contributed by atoms with E-state index in [1.54, 1.807) is 17.9 Å². The predicted molar refractivity (Wildman–Crippen MR) is 116 cm³/mol. The standard InChI is InChI=1S/C22H20N8O2/c1-28-10-24-21-19(28)22(31)30(11-25-21)9-17-26-20(27-32-17)18-14-7-29(8-15(14)18)13-2-3-16-12(6-13)4-5-23-16/h2-6,10-11,14-15,18,23H,7-9H2,1H3. The van der Waals surface area contributed by atoms with Crippen LogP contribution < -0.4 is 10.5 Å². The van der Waals surface area contributed by atoms with Gasteiger partial charge < -0.3 is 19.0 Å². The van der Waals surface area contributed by atoms with Crippen molar-refractivity contribution in [1.29, 1.82) is 0 Å². The number of fused-ring (bicyclic) bond motifs is 3. The van der Waals surface area contributed by atoms with Crippen molar-refractivity contribution in [3.63, 3.8) is 0 Å². The molecule has 1 aromatic carbocycles. The predicted octanol–water partition coefficient (Wildman–Crippen LogP) is 1.89. The van der Waals surface area contributed by atoms with Crippen LogP contribution in [0.4, 0.5) is 5.69 Å². The van der Waals surface area contributed by atoms with Crippen LogP contribution in [-0.2, 0) is 13.6 Å². The van der Waals surface area contributed by atoms with Crippen molar-refractivity contribution in [1.82, 2.24) is 34.2 Å². The average molecular weight is 428 g/mol. The summed E-state index contributed by atoms with van der Waals surface area (Å²) >= 11 is 0. The monoisotopic (exact) mass is 428 g/mol. The van der Waals surface area contributed by atoms with Crippen LogP contribution in [0.5, 0.6) is 0 Å². The van der Waals surface area contributed by atoms with E-state index in [0.717, 1.165) is 24.4 Å². The topological polar surface area (TPSA) is 111 Å². The lowest BCUT2D eigenvalue weighted by Gasteiger charge is -2.21. The normalized spacial score (nSPS) is 22.2. The molecular weight excluding hydrogens is 408 g/mol. The Kier molecular flexibility index (Phi) is 3.48. The van der Waals surface area contributed by atoms with E-state index in [1.165, 1.54) is 22.0 Å². The van der Waals surface area contributed by atoms with Crippen molar-refractivity contribution < 1.29 is 4.52 Å². The number of aromatic amines is 1. The number of nitrogens with zero attached hydrogens (tertiary/aromatic N) is 7. The van der Waals surface area contributed by atoms with E-state index in [2.05, 4.69) is 54.3 Å². The molecule has 0 amide bonds. The van der Waals surface area contributed by atoms with E-state index < -0.39 is 0 Å². The fourth-order valence-electron chi connectivity index (χ4n) is 5.16. The van der Waals surface area contributed by atoms with Gasteiger partial charge in [0.15, 0.2) is 17.0 Å². The first kappa shape index (κ1) is 17.7. The number of benzene rings is 1. The fourth-order valence-corrected chi connectivity index (χ4v) is 5.16. The fraction of sp³-hybridized carbons (Fsp3) is 0.318. The zero-order valence-electron chi connectivity index (χ0n) is 17.3. The summed E-state index contributed by atoms with van der Waals surface area (Å²) in [6.45, 7) is 2.19. The minimum atomic E-state index is -0.173. The van der Waals surface area contributed by atoms with Crippen LogP contribution in [0.2, 0.25) is 0 Å². The number of aryl methyl sites for hydroxylation is 1. The largest absolute Gasteiger partial charge is 0.371 e. The third-order valence-corrected chi connectivity index (χ3v) is 6.88. The number of rotatable bonds is 4. The van der Waals surface area contributed by atoms with Gasteiger partial charge in [0, 0.05) is 48.8 Å². The lowest BCUT2D eigenvalue weighted by atomic mass is 10.2. The van der Waals surface area contributed by atoms with Gasteiger partial charge in [-0.2, -0.15) is 4.98 Å². The third kappa shape index (κ3) is 2.55. The Hall–Kier alpha value is -3.95. The van der Waals surface area contributed by atoms with E-state index in [9.17, 15) is 4.79 Å².